The van der Waals surface area contributed by atoms with Crippen LogP contribution in [-0.4, -0.2) is 24.6 Å². The SMILES string of the molecule is CCCCOc1ccc(C(=O)O[C@@H](C)C(=O)Nc2ccc(C#N)cc2)cc1. The Kier molecular flexibility index (Phi) is 7.38. The zero-order valence-corrected chi connectivity index (χ0v) is 15.4. The van der Waals surface area contributed by atoms with Gasteiger partial charge in [0.2, 0.25) is 0 Å². The van der Waals surface area contributed by atoms with Gasteiger partial charge in [-0.2, -0.15) is 5.26 Å². The van der Waals surface area contributed by atoms with Gasteiger partial charge in [0.15, 0.2) is 6.10 Å². The van der Waals surface area contributed by atoms with E-state index in [4.69, 9.17) is 14.7 Å². The molecule has 6 nitrogen and oxygen atoms in total. The number of rotatable bonds is 8. The Bertz CT molecular complexity index is 808. The smallest absolute Gasteiger partial charge is 0.338 e. The summed E-state index contributed by atoms with van der Waals surface area (Å²) in [7, 11) is 0. The molecule has 0 bridgehead atoms. The summed E-state index contributed by atoms with van der Waals surface area (Å²) in [4.78, 5) is 24.3. The van der Waals surface area contributed by atoms with Gasteiger partial charge in [-0.05, 0) is 61.9 Å². The maximum atomic E-state index is 12.2. The predicted molar refractivity (Wildman–Crippen MR) is 102 cm³/mol. The number of benzene rings is 2. The number of carbonyl (C=O) groups excluding carboxylic acids is 2. The molecule has 0 fully saturated rings. The van der Waals surface area contributed by atoms with E-state index >= 15 is 0 Å². The third kappa shape index (κ3) is 6.15. The molecule has 0 radical (unpaired) electrons. The summed E-state index contributed by atoms with van der Waals surface area (Å²) in [5.41, 5.74) is 1.36. The van der Waals surface area contributed by atoms with Crippen LogP contribution in [0.1, 0.15) is 42.6 Å². The summed E-state index contributed by atoms with van der Waals surface area (Å²) < 4.78 is 10.8. The van der Waals surface area contributed by atoms with Crippen LogP contribution in [0.3, 0.4) is 0 Å². The third-order valence-electron chi connectivity index (χ3n) is 3.79. The van der Waals surface area contributed by atoms with Gasteiger partial charge in [0.25, 0.3) is 5.91 Å². The number of carbonyl (C=O) groups is 2. The molecule has 6 heteroatoms. The Morgan fingerprint density at radius 3 is 2.37 bits per heavy atom. The molecular formula is C21H22N2O4. The van der Waals surface area contributed by atoms with Crippen molar-refractivity contribution in [3.63, 3.8) is 0 Å². The molecule has 0 aliphatic carbocycles. The molecule has 2 aromatic rings. The minimum absolute atomic E-state index is 0.343. The molecule has 2 rings (SSSR count). The zero-order chi connectivity index (χ0) is 19.6. The van der Waals surface area contributed by atoms with Crippen molar-refractivity contribution in [2.75, 3.05) is 11.9 Å². The van der Waals surface area contributed by atoms with E-state index in [9.17, 15) is 9.59 Å². The fraction of sp³-hybridized carbons (Fsp3) is 0.286. The maximum absolute atomic E-state index is 12.2. The first-order chi connectivity index (χ1) is 13.0. The second-order valence-electron chi connectivity index (χ2n) is 5.95. The zero-order valence-electron chi connectivity index (χ0n) is 15.4. The molecule has 0 spiro atoms. The molecule has 140 valence electrons. The van der Waals surface area contributed by atoms with Gasteiger partial charge >= 0.3 is 5.97 Å². The monoisotopic (exact) mass is 366 g/mol. The van der Waals surface area contributed by atoms with E-state index in [1.807, 2.05) is 6.07 Å². The first kappa shape index (κ1) is 20.0. The van der Waals surface area contributed by atoms with Crippen molar-refractivity contribution in [1.82, 2.24) is 0 Å². The van der Waals surface area contributed by atoms with Gasteiger partial charge in [-0.3, -0.25) is 4.79 Å². The number of ether oxygens (including phenoxy) is 2. The molecule has 0 unspecified atom stereocenters. The van der Waals surface area contributed by atoms with Gasteiger partial charge < -0.3 is 14.8 Å². The largest absolute Gasteiger partial charge is 0.494 e. The number of anilines is 1. The number of unbranched alkanes of at least 4 members (excludes halogenated alkanes) is 1. The molecule has 0 aliphatic heterocycles. The average molecular weight is 366 g/mol. The van der Waals surface area contributed by atoms with Gasteiger partial charge in [0, 0.05) is 5.69 Å². The molecule has 0 heterocycles. The highest BCUT2D eigenvalue weighted by atomic mass is 16.5. The Morgan fingerprint density at radius 1 is 1.11 bits per heavy atom. The van der Waals surface area contributed by atoms with Crippen molar-refractivity contribution in [3.05, 3.63) is 59.7 Å². The maximum Gasteiger partial charge on any atom is 0.338 e. The molecule has 0 saturated carbocycles. The number of amides is 1. The lowest BCUT2D eigenvalue weighted by Crippen LogP contribution is -2.30. The summed E-state index contributed by atoms with van der Waals surface area (Å²) in [6, 6.07) is 15.0. The van der Waals surface area contributed by atoms with E-state index in [2.05, 4.69) is 12.2 Å². The molecule has 0 aliphatic rings. The van der Waals surface area contributed by atoms with Crippen molar-refractivity contribution in [2.24, 2.45) is 0 Å². The van der Waals surface area contributed by atoms with Crippen molar-refractivity contribution < 1.29 is 19.1 Å². The summed E-state index contributed by atoms with van der Waals surface area (Å²) >= 11 is 0. The first-order valence-corrected chi connectivity index (χ1v) is 8.78. The number of hydrogen-bond donors (Lipinski definition) is 1. The number of hydrogen-bond acceptors (Lipinski definition) is 5. The van der Waals surface area contributed by atoms with Crippen LogP contribution in [0.25, 0.3) is 0 Å². The van der Waals surface area contributed by atoms with Gasteiger partial charge in [-0.15, -0.1) is 0 Å². The lowest BCUT2D eigenvalue weighted by Gasteiger charge is -2.14. The minimum Gasteiger partial charge on any atom is -0.494 e. The van der Waals surface area contributed by atoms with E-state index in [0.29, 0.717) is 29.2 Å². The van der Waals surface area contributed by atoms with Crippen LogP contribution < -0.4 is 10.1 Å². The van der Waals surface area contributed by atoms with Gasteiger partial charge in [0.1, 0.15) is 5.75 Å². The lowest BCUT2D eigenvalue weighted by molar-refractivity contribution is -0.123. The third-order valence-corrected chi connectivity index (χ3v) is 3.79. The Hall–Kier alpha value is -3.33. The van der Waals surface area contributed by atoms with E-state index < -0.39 is 18.0 Å². The molecule has 1 atom stereocenters. The molecule has 0 saturated heterocycles. The predicted octanol–water partition coefficient (Wildman–Crippen LogP) is 3.92. The van der Waals surface area contributed by atoms with Crippen molar-refractivity contribution in [1.29, 1.82) is 5.26 Å². The molecule has 0 aromatic heterocycles. The van der Waals surface area contributed by atoms with Crippen LogP contribution >= 0.6 is 0 Å². The van der Waals surface area contributed by atoms with Gasteiger partial charge in [-0.25, -0.2) is 4.79 Å². The van der Waals surface area contributed by atoms with Crippen LogP contribution in [0.2, 0.25) is 0 Å². The molecular weight excluding hydrogens is 344 g/mol. The molecule has 27 heavy (non-hydrogen) atoms. The number of nitrogens with one attached hydrogen (secondary N) is 1. The standard InChI is InChI=1S/C21H22N2O4/c1-3-4-13-26-19-11-7-17(8-12-19)21(25)27-15(2)20(24)23-18-9-5-16(14-22)6-10-18/h5-12,15H,3-4,13H2,1-2H3,(H,23,24)/t15-/m0/s1. The Balaban J connectivity index is 1.88. The minimum atomic E-state index is -0.964. The molecule has 1 amide bonds. The molecule has 2 aromatic carbocycles. The van der Waals surface area contributed by atoms with E-state index in [-0.39, 0.29) is 0 Å². The van der Waals surface area contributed by atoms with Crippen LogP contribution in [-0.2, 0) is 9.53 Å². The lowest BCUT2D eigenvalue weighted by atomic mass is 10.2. The summed E-state index contributed by atoms with van der Waals surface area (Å²) in [6.45, 7) is 4.22. The first-order valence-electron chi connectivity index (χ1n) is 8.78. The van der Waals surface area contributed by atoms with Crippen molar-refractivity contribution >= 4 is 17.6 Å². The number of esters is 1. The summed E-state index contributed by atoms with van der Waals surface area (Å²) in [6.07, 6.45) is 1.05. The highest BCUT2D eigenvalue weighted by Crippen LogP contribution is 2.15. The average Bonchev–Trinajstić information content (AvgIpc) is 2.69. The van der Waals surface area contributed by atoms with E-state index in [1.54, 1.807) is 48.5 Å². The second-order valence-corrected chi connectivity index (χ2v) is 5.95. The number of nitrogens with zero attached hydrogens (tertiary/aromatic N) is 1. The van der Waals surface area contributed by atoms with E-state index in [1.165, 1.54) is 6.92 Å². The normalized spacial score (nSPS) is 11.1. The van der Waals surface area contributed by atoms with Crippen molar-refractivity contribution in [3.8, 4) is 11.8 Å². The van der Waals surface area contributed by atoms with Crippen molar-refractivity contribution in [2.45, 2.75) is 32.8 Å². The quantitative estimate of drug-likeness (QED) is 0.565. The summed E-state index contributed by atoms with van der Waals surface area (Å²) in [5.74, 6) is -0.350. The van der Waals surface area contributed by atoms with E-state index in [0.717, 1.165) is 12.8 Å². The fourth-order valence-corrected chi connectivity index (χ4v) is 2.18. The Labute approximate surface area is 158 Å². The fourth-order valence-electron chi connectivity index (χ4n) is 2.18. The van der Waals surface area contributed by atoms with Crippen LogP contribution in [0.15, 0.2) is 48.5 Å². The van der Waals surface area contributed by atoms with Crippen LogP contribution in [0, 0.1) is 11.3 Å². The van der Waals surface area contributed by atoms with Crippen LogP contribution in [0.5, 0.6) is 5.75 Å². The number of nitriles is 1. The van der Waals surface area contributed by atoms with Gasteiger partial charge in [0.05, 0.1) is 23.8 Å². The second kappa shape index (κ2) is 9.97. The van der Waals surface area contributed by atoms with Crippen LogP contribution in [0.4, 0.5) is 5.69 Å². The summed E-state index contributed by atoms with van der Waals surface area (Å²) in [5, 5.41) is 11.4. The highest BCUT2D eigenvalue weighted by Gasteiger charge is 2.19. The topological polar surface area (TPSA) is 88.4 Å². The Morgan fingerprint density at radius 2 is 1.78 bits per heavy atom. The highest BCUT2D eigenvalue weighted by molar-refractivity contribution is 5.97. The molecule has 1 N–H and O–H groups in total. The van der Waals surface area contributed by atoms with Gasteiger partial charge in [-0.1, -0.05) is 13.3 Å².